The lowest BCUT2D eigenvalue weighted by Gasteiger charge is -2.43. The van der Waals surface area contributed by atoms with E-state index >= 15 is 0 Å². The smallest absolute Gasteiger partial charge is 0.217 e. The number of likely N-dealkylation sites (tertiary alicyclic amines) is 1. The molecular weight excluding hydrogens is 460 g/mol. The van der Waals surface area contributed by atoms with Gasteiger partial charge in [0.15, 0.2) is 6.29 Å². The van der Waals surface area contributed by atoms with Crippen LogP contribution < -0.4 is 5.32 Å². The Bertz CT molecular complexity index is 598. The maximum absolute atomic E-state index is 11.7. The standard InChI is InChI=1S/C24H46N2O9/c1-3-4-5-6-7-8-12-34-24-19(25-15(2)29)23(33)22(32)18(35-24)10-9-11-26-16(13-27)20(30)21(31)17(26)14-28/h16-24,27-28,30-33H,3-14H2,1-2H3,(H,25,29)/t16-,17?,18-,19-,20-,21+,22-,23-,24-/m1/s1. The number of nitrogens with zero attached hydrogens (tertiary/aromatic N) is 1. The van der Waals surface area contributed by atoms with Crippen molar-refractivity contribution in [1.82, 2.24) is 10.2 Å². The number of hydrogen-bond donors (Lipinski definition) is 7. The SMILES string of the molecule is CCCCCCCCO[C@@H]1O[C@H](CCCN2C(CO)[C@H](O)[C@H](O)[C@H]2CO)[C@@H](O)[C@H](O)[C@H]1NC(C)=O. The molecule has 2 aliphatic heterocycles. The molecule has 1 amide bonds. The van der Waals surface area contributed by atoms with Crippen LogP contribution in [0.2, 0.25) is 0 Å². The normalized spacial score (nSPS) is 35.9. The second-order valence-electron chi connectivity index (χ2n) is 9.75. The lowest BCUT2D eigenvalue weighted by atomic mass is 9.94. The lowest BCUT2D eigenvalue weighted by molar-refractivity contribution is -0.266. The van der Waals surface area contributed by atoms with Crippen LogP contribution in [0.3, 0.4) is 0 Å². The van der Waals surface area contributed by atoms with E-state index in [0.29, 0.717) is 26.0 Å². The molecule has 7 N–H and O–H groups in total. The molecule has 206 valence electrons. The van der Waals surface area contributed by atoms with Gasteiger partial charge in [0, 0.05) is 13.5 Å². The minimum Gasteiger partial charge on any atom is -0.395 e. The van der Waals surface area contributed by atoms with Crippen LogP contribution >= 0.6 is 0 Å². The van der Waals surface area contributed by atoms with Gasteiger partial charge in [-0.1, -0.05) is 39.0 Å². The second-order valence-corrected chi connectivity index (χ2v) is 9.75. The molecule has 2 aliphatic rings. The van der Waals surface area contributed by atoms with Gasteiger partial charge in [0.05, 0.1) is 43.6 Å². The Morgan fingerprint density at radius 1 is 0.886 bits per heavy atom. The Morgan fingerprint density at radius 3 is 2.06 bits per heavy atom. The number of aliphatic hydroxyl groups excluding tert-OH is 6. The van der Waals surface area contributed by atoms with E-state index in [-0.39, 0.29) is 19.1 Å². The number of carbonyl (C=O) groups excluding carboxylic acids is 1. The average molecular weight is 507 g/mol. The van der Waals surface area contributed by atoms with Crippen LogP contribution in [0.15, 0.2) is 0 Å². The predicted octanol–water partition coefficient (Wildman–Crippen LogP) is -1.15. The van der Waals surface area contributed by atoms with Gasteiger partial charge < -0.3 is 45.4 Å². The van der Waals surface area contributed by atoms with Crippen molar-refractivity contribution in [1.29, 1.82) is 0 Å². The van der Waals surface area contributed by atoms with Gasteiger partial charge in [0.25, 0.3) is 0 Å². The molecule has 1 unspecified atom stereocenters. The van der Waals surface area contributed by atoms with Crippen molar-refractivity contribution in [3.8, 4) is 0 Å². The highest BCUT2D eigenvalue weighted by Gasteiger charge is 2.48. The molecular formula is C24H46N2O9. The number of rotatable bonds is 15. The van der Waals surface area contributed by atoms with Gasteiger partial charge in [0.1, 0.15) is 18.2 Å². The van der Waals surface area contributed by atoms with Gasteiger partial charge in [-0.2, -0.15) is 0 Å². The summed E-state index contributed by atoms with van der Waals surface area (Å²) in [5, 5.41) is 63.5. The summed E-state index contributed by atoms with van der Waals surface area (Å²) in [6, 6.07) is -2.31. The zero-order valence-electron chi connectivity index (χ0n) is 21.0. The van der Waals surface area contributed by atoms with Gasteiger partial charge in [0.2, 0.25) is 5.91 Å². The molecule has 0 bridgehead atoms. The second kappa shape index (κ2) is 15.4. The van der Waals surface area contributed by atoms with E-state index < -0.39 is 54.9 Å². The van der Waals surface area contributed by atoms with Crippen molar-refractivity contribution in [2.45, 2.75) is 120 Å². The molecule has 9 atom stereocenters. The summed E-state index contributed by atoms with van der Waals surface area (Å²) in [6.45, 7) is 3.47. The third-order valence-corrected chi connectivity index (χ3v) is 7.12. The molecule has 0 saturated carbocycles. The fraction of sp³-hybridized carbons (Fsp3) is 0.958. The van der Waals surface area contributed by atoms with Crippen molar-refractivity contribution in [2.24, 2.45) is 0 Å². The van der Waals surface area contributed by atoms with Crippen LogP contribution in [0.1, 0.15) is 65.2 Å². The molecule has 2 rings (SSSR count). The molecule has 0 spiro atoms. The molecule has 11 nitrogen and oxygen atoms in total. The van der Waals surface area contributed by atoms with E-state index in [1.165, 1.54) is 26.2 Å². The highest BCUT2D eigenvalue weighted by Crippen LogP contribution is 2.28. The van der Waals surface area contributed by atoms with Gasteiger partial charge in [-0.15, -0.1) is 0 Å². The van der Waals surface area contributed by atoms with Crippen molar-refractivity contribution >= 4 is 5.91 Å². The number of carbonyl (C=O) groups is 1. The van der Waals surface area contributed by atoms with Gasteiger partial charge in [-0.05, 0) is 25.8 Å². The number of nitrogens with one attached hydrogen (secondary N) is 1. The van der Waals surface area contributed by atoms with Crippen LogP contribution in [0, 0.1) is 0 Å². The van der Waals surface area contributed by atoms with Crippen molar-refractivity contribution in [3.05, 3.63) is 0 Å². The number of ether oxygens (including phenoxy) is 2. The summed E-state index contributed by atoms with van der Waals surface area (Å²) < 4.78 is 11.9. The van der Waals surface area contributed by atoms with E-state index in [0.717, 1.165) is 19.3 Å². The van der Waals surface area contributed by atoms with E-state index in [2.05, 4.69) is 12.2 Å². The first-order valence-electron chi connectivity index (χ1n) is 13.0. The predicted molar refractivity (Wildman–Crippen MR) is 127 cm³/mol. The molecule has 0 aromatic heterocycles. The molecule has 35 heavy (non-hydrogen) atoms. The first-order valence-corrected chi connectivity index (χ1v) is 13.0. The topological polar surface area (TPSA) is 172 Å². The Labute approximate surface area is 208 Å². The zero-order chi connectivity index (χ0) is 26.0. The summed E-state index contributed by atoms with van der Waals surface area (Å²) in [7, 11) is 0. The van der Waals surface area contributed by atoms with Crippen molar-refractivity contribution in [2.75, 3.05) is 26.4 Å². The Kier molecular flexibility index (Phi) is 13.3. The summed E-state index contributed by atoms with van der Waals surface area (Å²) in [4.78, 5) is 13.3. The van der Waals surface area contributed by atoms with Crippen LogP contribution in [-0.4, -0.2) is 123 Å². The molecule has 0 aromatic carbocycles. The molecule has 0 aliphatic carbocycles. The number of unbranched alkanes of at least 4 members (excludes halogenated alkanes) is 5. The van der Waals surface area contributed by atoms with E-state index in [9.17, 15) is 35.4 Å². The third kappa shape index (κ3) is 8.31. The number of hydrogen-bond acceptors (Lipinski definition) is 10. The summed E-state index contributed by atoms with van der Waals surface area (Å²) in [5.41, 5.74) is 0. The summed E-state index contributed by atoms with van der Waals surface area (Å²) in [6.07, 6.45) is 0.717. The van der Waals surface area contributed by atoms with Gasteiger partial charge in [-0.3, -0.25) is 9.69 Å². The average Bonchev–Trinajstić information content (AvgIpc) is 3.06. The Balaban J connectivity index is 1.92. The quantitative estimate of drug-likeness (QED) is 0.135. The fourth-order valence-corrected chi connectivity index (χ4v) is 5.11. The lowest BCUT2D eigenvalue weighted by Crippen LogP contribution is -2.64. The molecule has 0 radical (unpaired) electrons. The first-order chi connectivity index (χ1) is 16.8. The first kappa shape index (κ1) is 30.3. The maximum atomic E-state index is 11.7. The molecule has 0 aromatic rings. The Morgan fingerprint density at radius 2 is 1.49 bits per heavy atom. The summed E-state index contributed by atoms with van der Waals surface area (Å²) in [5.74, 6) is -0.368. The van der Waals surface area contributed by atoms with Crippen LogP contribution in [0.25, 0.3) is 0 Å². The fourth-order valence-electron chi connectivity index (χ4n) is 5.11. The van der Waals surface area contributed by atoms with Crippen LogP contribution in [-0.2, 0) is 14.3 Å². The minimum atomic E-state index is -1.28. The van der Waals surface area contributed by atoms with Crippen LogP contribution in [0.5, 0.6) is 0 Å². The monoisotopic (exact) mass is 506 g/mol. The largest absolute Gasteiger partial charge is 0.395 e. The number of aliphatic hydroxyl groups is 6. The molecule has 11 heteroatoms. The number of amides is 1. The Hall–Kier alpha value is -0.890. The highest BCUT2D eigenvalue weighted by molar-refractivity contribution is 5.73. The van der Waals surface area contributed by atoms with E-state index in [4.69, 9.17) is 9.47 Å². The van der Waals surface area contributed by atoms with E-state index in [1.54, 1.807) is 4.90 Å². The molecule has 2 fully saturated rings. The van der Waals surface area contributed by atoms with Crippen molar-refractivity contribution < 1.29 is 44.9 Å². The van der Waals surface area contributed by atoms with Crippen molar-refractivity contribution in [3.63, 3.8) is 0 Å². The summed E-state index contributed by atoms with van der Waals surface area (Å²) >= 11 is 0. The minimum absolute atomic E-state index is 0.320. The van der Waals surface area contributed by atoms with Crippen LogP contribution in [0.4, 0.5) is 0 Å². The highest BCUT2D eigenvalue weighted by atomic mass is 16.7. The zero-order valence-corrected chi connectivity index (χ0v) is 21.0. The third-order valence-electron chi connectivity index (χ3n) is 7.12. The van der Waals surface area contributed by atoms with Gasteiger partial charge >= 0.3 is 0 Å². The van der Waals surface area contributed by atoms with Gasteiger partial charge in [-0.25, -0.2) is 0 Å². The molecule has 2 heterocycles. The van der Waals surface area contributed by atoms with E-state index in [1.807, 2.05) is 0 Å². The molecule has 2 saturated heterocycles. The maximum Gasteiger partial charge on any atom is 0.217 e.